The quantitative estimate of drug-likeness (QED) is 0.197. The highest BCUT2D eigenvalue weighted by atomic mass is 32.2. The Morgan fingerprint density at radius 3 is 1.07 bits per heavy atom. The van der Waals surface area contributed by atoms with Crippen molar-refractivity contribution in [1.29, 1.82) is 0 Å². The standard InChI is InChI=1S/C36H22N2O5S/c39-44(40)35-19-17-23(37-25-9-1-5-13-29(25)41-30-14-6-2-10-26(30)37)21-33(35)43-34-22-24(18-20-36(34)44)38-27-11-3-7-15-31(27)42-32-16-8-4-12-28(32)38/h1-22H. The summed E-state index contributed by atoms with van der Waals surface area (Å²) in [6.45, 7) is 0. The van der Waals surface area contributed by atoms with Crippen molar-refractivity contribution in [2.24, 2.45) is 0 Å². The van der Waals surface area contributed by atoms with E-state index < -0.39 is 9.84 Å². The maximum Gasteiger partial charge on any atom is 0.213 e. The van der Waals surface area contributed by atoms with Crippen molar-refractivity contribution in [3.05, 3.63) is 133 Å². The Hall–Kier alpha value is -5.73. The van der Waals surface area contributed by atoms with Gasteiger partial charge in [-0.1, -0.05) is 48.5 Å². The lowest BCUT2D eigenvalue weighted by Gasteiger charge is -2.34. The van der Waals surface area contributed by atoms with Crippen LogP contribution in [-0.2, 0) is 9.84 Å². The molecule has 0 bridgehead atoms. The zero-order valence-electron chi connectivity index (χ0n) is 23.0. The minimum absolute atomic E-state index is 0.124. The number of hydrogen-bond donors (Lipinski definition) is 0. The molecule has 0 atom stereocenters. The molecule has 212 valence electrons. The van der Waals surface area contributed by atoms with E-state index in [0.717, 1.165) is 34.1 Å². The van der Waals surface area contributed by atoms with Gasteiger partial charge in [0.15, 0.2) is 23.0 Å². The Balaban J connectivity index is 1.17. The van der Waals surface area contributed by atoms with Gasteiger partial charge in [0.1, 0.15) is 21.3 Å². The molecule has 0 aliphatic carbocycles. The molecule has 6 aromatic rings. The van der Waals surface area contributed by atoms with Gasteiger partial charge in [0.2, 0.25) is 9.84 Å². The van der Waals surface area contributed by atoms with Crippen molar-refractivity contribution in [1.82, 2.24) is 0 Å². The number of fused-ring (bicyclic) bond motifs is 6. The number of nitrogens with zero attached hydrogens (tertiary/aromatic N) is 2. The first-order valence-electron chi connectivity index (χ1n) is 14.1. The largest absolute Gasteiger partial charge is 0.454 e. The molecule has 0 fully saturated rings. The molecule has 7 nitrogen and oxygen atoms in total. The predicted molar refractivity (Wildman–Crippen MR) is 168 cm³/mol. The predicted octanol–water partition coefficient (Wildman–Crippen LogP) is 9.78. The number of anilines is 6. The van der Waals surface area contributed by atoms with Gasteiger partial charge in [-0.05, 0) is 72.8 Å². The summed E-state index contributed by atoms with van der Waals surface area (Å²) in [6.07, 6.45) is 0. The number of sulfone groups is 1. The highest BCUT2D eigenvalue weighted by molar-refractivity contribution is 7.91. The molecule has 0 unspecified atom stereocenters. The van der Waals surface area contributed by atoms with Gasteiger partial charge >= 0.3 is 0 Å². The van der Waals surface area contributed by atoms with Gasteiger partial charge in [-0.2, -0.15) is 0 Å². The first kappa shape index (κ1) is 24.8. The first-order chi connectivity index (χ1) is 21.6. The Morgan fingerprint density at radius 2 is 0.705 bits per heavy atom. The summed E-state index contributed by atoms with van der Waals surface area (Å²) in [4.78, 5) is 4.35. The molecule has 9 rings (SSSR count). The van der Waals surface area contributed by atoms with Crippen LogP contribution in [0.3, 0.4) is 0 Å². The Bertz CT molecular complexity index is 2020. The van der Waals surface area contributed by atoms with Crippen LogP contribution in [0.25, 0.3) is 0 Å². The molecular weight excluding hydrogens is 572 g/mol. The number of hydrogen-bond acceptors (Lipinski definition) is 7. The lowest BCUT2D eigenvalue weighted by molar-refractivity contribution is 0.443. The van der Waals surface area contributed by atoms with Gasteiger partial charge in [0.05, 0.1) is 34.1 Å². The number of rotatable bonds is 2. The third kappa shape index (κ3) is 3.58. The summed E-state index contributed by atoms with van der Waals surface area (Å²) < 4.78 is 46.6. The average Bonchev–Trinajstić information content (AvgIpc) is 3.05. The SMILES string of the molecule is O=S1(=O)c2ccc(N3c4ccccc4Oc4ccccc43)cc2Oc2cc(N3c4ccccc4Oc4ccccc43)ccc21. The molecule has 0 N–H and O–H groups in total. The van der Waals surface area contributed by atoms with Crippen LogP contribution in [0.4, 0.5) is 34.1 Å². The lowest BCUT2D eigenvalue weighted by atomic mass is 10.1. The minimum atomic E-state index is -3.85. The van der Waals surface area contributed by atoms with E-state index in [1.165, 1.54) is 0 Å². The highest BCUT2D eigenvalue weighted by Gasteiger charge is 2.35. The molecule has 0 radical (unpaired) electrons. The van der Waals surface area contributed by atoms with Crippen LogP contribution < -0.4 is 24.0 Å². The third-order valence-electron chi connectivity index (χ3n) is 8.03. The number of ether oxygens (including phenoxy) is 3. The zero-order valence-corrected chi connectivity index (χ0v) is 23.9. The molecule has 3 heterocycles. The van der Waals surface area contributed by atoms with Crippen molar-refractivity contribution < 1.29 is 22.6 Å². The van der Waals surface area contributed by atoms with E-state index in [1.807, 2.05) is 97.1 Å². The van der Waals surface area contributed by atoms with Crippen molar-refractivity contribution in [3.63, 3.8) is 0 Å². The molecule has 0 spiro atoms. The third-order valence-corrected chi connectivity index (χ3v) is 9.87. The minimum Gasteiger partial charge on any atom is -0.454 e. The molecule has 0 amide bonds. The highest BCUT2D eigenvalue weighted by Crippen LogP contribution is 2.54. The van der Waals surface area contributed by atoms with Crippen LogP contribution in [0.5, 0.6) is 34.5 Å². The fourth-order valence-electron chi connectivity index (χ4n) is 6.08. The second kappa shape index (κ2) is 9.13. The van der Waals surface area contributed by atoms with Gasteiger partial charge in [-0.25, -0.2) is 8.42 Å². The summed E-state index contributed by atoms with van der Waals surface area (Å²) in [5.74, 6) is 3.35. The normalized spacial score (nSPS) is 14.7. The molecule has 0 aromatic heterocycles. The molecular formula is C36H22N2O5S. The summed E-state index contributed by atoms with van der Waals surface area (Å²) in [5.41, 5.74) is 4.87. The maximum absolute atomic E-state index is 13.9. The summed E-state index contributed by atoms with van der Waals surface area (Å²) in [6, 6.07) is 41.4. The second-order valence-corrected chi connectivity index (χ2v) is 12.5. The Kier molecular flexibility index (Phi) is 5.15. The topological polar surface area (TPSA) is 68.3 Å². The van der Waals surface area contributed by atoms with E-state index in [4.69, 9.17) is 14.2 Å². The molecule has 3 aliphatic heterocycles. The fourth-order valence-corrected chi connectivity index (χ4v) is 7.54. The van der Waals surface area contributed by atoms with E-state index >= 15 is 0 Å². The summed E-state index contributed by atoms with van der Waals surface area (Å²) >= 11 is 0. The Morgan fingerprint density at radius 1 is 0.386 bits per heavy atom. The number of benzene rings is 6. The van der Waals surface area contributed by atoms with Crippen molar-refractivity contribution in [3.8, 4) is 34.5 Å². The van der Waals surface area contributed by atoms with Gasteiger partial charge in [-0.15, -0.1) is 0 Å². The molecule has 8 heteroatoms. The molecule has 0 saturated heterocycles. The smallest absolute Gasteiger partial charge is 0.213 e. The van der Waals surface area contributed by atoms with Crippen LogP contribution in [0, 0.1) is 0 Å². The van der Waals surface area contributed by atoms with Gasteiger partial charge in [0, 0.05) is 12.1 Å². The zero-order chi connectivity index (χ0) is 29.4. The lowest BCUT2D eigenvalue weighted by Crippen LogP contribution is -2.18. The van der Waals surface area contributed by atoms with Crippen molar-refractivity contribution >= 4 is 44.0 Å². The van der Waals surface area contributed by atoms with Crippen molar-refractivity contribution in [2.45, 2.75) is 9.79 Å². The second-order valence-electron chi connectivity index (χ2n) is 10.6. The van der Waals surface area contributed by atoms with Crippen molar-refractivity contribution in [2.75, 3.05) is 9.80 Å². The molecule has 3 aliphatic rings. The van der Waals surface area contributed by atoms with E-state index in [1.54, 1.807) is 36.4 Å². The number of para-hydroxylation sites is 8. The molecule has 6 aromatic carbocycles. The van der Waals surface area contributed by atoms with Crippen LogP contribution in [0.1, 0.15) is 0 Å². The van der Waals surface area contributed by atoms with E-state index in [2.05, 4.69) is 9.80 Å². The van der Waals surface area contributed by atoms with Crippen LogP contribution >= 0.6 is 0 Å². The molecule has 44 heavy (non-hydrogen) atoms. The monoisotopic (exact) mass is 594 g/mol. The fraction of sp³-hybridized carbons (Fsp3) is 0. The average molecular weight is 595 g/mol. The Labute approximate surface area is 253 Å². The van der Waals surface area contributed by atoms with Gasteiger partial charge in [-0.3, -0.25) is 0 Å². The van der Waals surface area contributed by atoms with Gasteiger partial charge < -0.3 is 24.0 Å². The summed E-state index contributed by atoms with van der Waals surface area (Å²) in [7, 11) is -3.85. The van der Waals surface area contributed by atoms with E-state index in [0.29, 0.717) is 23.0 Å². The van der Waals surface area contributed by atoms with Crippen LogP contribution in [0.2, 0.25) is 0 Å². The van der Waals surface area contributed by atoms with Crippen LogP contribution in [-0.4, -0.2) is 8.42 Å². The molecule has 0 saturated carbocycles. The van der Waals surface area contributed by atoms with Gasteiger partial charge in [0.25, 0.3) is 0 Å². The van der Waals surface area contributed by atoms with Crippen LogP contribution in [0.15, 0.2) is 143 Å². The summed E-state index contributed by atoms with van der Waals surface area (Å²) in [5, 5.41) is 0. The maximum atomic E-state index is 13.9. The van der Waals surface area contributed by atoms with E-state index in [9.17, 15) is 8.42 Å². The van der Waals surface area contributed by atoms with E-state index in [-0.39, 0.29) is 21.3 Å². The first-order valence-corrected chi connectivity index (χ1v) is 15.6.